The number of carbonyl (C=O) groups is 1. The quantitative estimate of drug-likeness (QED) is 0.306. The van der Waals surface area contributed by atoms with Crippen molar-refractivity contribution in [2.45, 2.75) is 0 Å². The predicted molar refractivity (Wildman–Crippen MR) is 146 cm³/mol. The molecule has 0 saturated heterocycles. The molecule has 0 amide bonds. The molecule has 0 aliphatic rings. The molecule has 0 heterocycles. The van der Waals surface area contributed by atoms with Crippen LogP contribution in [0, 0.1) is 0 Å². The zero-order valence-corrected chi connectivity index (χ0v) is 20.2. The van der Waals surface area contributed by atoms with Crippen LogP contribution in [0.1, 0.15) is 15.9 Å². The fourth-order valence-electron chi connectivity index (χ4n) is 3.43. The highest BCUT2D eigenvalue weighted by atomic mass is 16.1. The third-order valence-corrected chi connectivity index (χ3v) is 5.40. The molecule has 4 rings (SSSR count). The van der Waals surface area contributed by atoms with E-state index in [0.29, 0.717) is 22.5 Å². The Labute approximate surface area is 202 Å². The maximum absolute atomic E-state index is 12.0. The lowest BCUT2D eigenvalue weighted by Crippen LogP contribution is -2.08. The van der Waals surface area contributed by atoms with Crippen molar-refractivity contribution in [3.05, 3.63) is 108 Å². The van der Waals surface area contributed by atoms with Crippen LogP contribution in [0.15, 0.2) is 97.1 Å². The Hall–Kier alpha value is -4.25. The van der Waals surface area contributed by atoms with E-state index in [1.54, 1.807) is 48.5 Å². The highest BCUT2D eigenvalue weighted by Gasteiger charge is 2.09. The van der Waals surface area contributed by atoms with Crippen molar-refractivity contribution >= 4 is 28.5 Å². The number of nitrogens with zero attached hydrogens (tertiary/aromatic N) is 2. The van der Waals surface area contributed by atoms with Crippen molar-refractivity contribution < 1.29 is 4.79 Å². The number of nitrogens with two attached hydrogens (primary N) is 2. The van der Waals surface area contributed by atoms with Gasteiger partial charge in [-0.2, -0.15) is 0 Å². The van der Waals surface area contributed by atoms with Gasteiger partial charge >= 0.3 is 0 Å². The van der Waals surface area contributed by atoms with Gasteiger partial charge in [-0.15, -0.1) is 0 Å². The molecule has 0 spiro atoms. The number of rotatable bonds is 5. The lowest BCUT2D eigenvalue weighted by molar-refractivity contribution is 0.103. The highest BCUT2D eigenvalue weighted by Crippen LogP contribution is 2.24. The molecule has 5 heteroatoms. The number of ketones is 1. The molecule has 174 valence electrons. The summed E-state index contributed by atoms with van der Waals surface area (Å²) in [6, 6.07) is 31.1. The molecule has 0 atom stereocenters. The summed E-state index contributed by atoms with van der Waals surface area (Å²) in [5.41, 5.74) is 18.5. The van der Waals surface area contributed by atoms with Gasteiger partial charge in [0.05, 0.1) is 0 Å². The van der Waals surface area contributed by atoms with Crippen molar-refractivity contribution in [2.75, 3.05) is 49.5 Å². The first-order valence-corrected chi connectivity index (χ1v) is 11.1. The van der Waals surface area contributed by atoms with Gasteiger partial charge in [0.1, 0.15) is 0 Å². The Bertz CT molecular complexity index is 1130. The molecular weight excluding hydrogens is 420 g/mol. The lowest BCUT2D eigenvalue weighted by atomic mass is 10.0. The topological polar surface area (TPSA) is 75.6 Å². The van der Waals surface area contributed by atoms with E-state index in [9.17, 15) is 4.79 Å². The maximum atomic E-state index is 12.0. The third-order valence-electron chi connectivity index (χ3n) is 5.40. The zero-order valence-electron chi connectivity index (χ0n) is 20.2. The molecule has 0 radical (unpaired) electrons. The number of benzene rings is 4. The van der Waals surface area contributed by atoms with Gasteiger partial charge in [-0.3, -0.25) is 4.79 Å². The lowest BCUT2D eigenvalue weighted by Gasteiger charge is -2.14. The molecule has 4 aromatic rings. The van der Waals surface area contributed by atoms with Crippen LogP contribution in [0.2, 0.25) is 0 Å². The average molecular weight is 453 g/mol. The van der Waals surface area contributed by atoms with Gasteiger partial charge in [0.25, 0.3) is 0 Å². The monoisotopic (exact) mass is 452 g/mol. The second-order valence-corrected chi connectivity index (χ2v) is 8.46. The first-order chi connectivity index (χ1) is 16.2. The van der Waals surface area contributed by atoms with E-state index in [2.05, 4.69) is 86.5 Å². The summed E-state index contributed by atoms with van der Waals surface area (Å²) in [7, 11) is 8.23. The van der Waals surface area contributed by atoms with E-state index in [1.165, 1.54) is 22.5 Å². The minimum Gasteiger partial charge on any atom is -0.399 e. The highest BCUT2D eigenvalue weighted by molar-refractivity contribution is 6.09. The third kappa shape index (κ3) is 6.39. The molecular formula is C29H32N4O. The predicted octanol–water partition coefficient (Wildman–Crippen LogP) is 5.57. The summed E-state index contributed by atoms with van der Waals surface area (Å²) in [6.45, 7) is 0. The average Bonchev–Trinajstić information content (AvgIpc) is 2.84. The molecule has 0 fully saturated rings. The Morgan fingerprint density at radius 1 is 0.559 bits per heavy atom. The normalized spacial score (nSPS) is 10.1. The van der Waals surface area contributed by atoms with Gasteiger partial charge in [0.2, 0.25) is 0 Å². The molecule has 0 saturated carbocycles. The van der Waals surface area contributed by atoms with Crippen LogP contribution in [0.25, 0.3) is 11.1 Å². The van der Waals surface area contributed by atoms with Crippen LogP contribution in [-0.4, -0.2) is 34.0 Å². The largest absolute Gasteiger partial charge is 0.399 e. The smallest absolute Gasteiger partial charge is 0.193 e. The Kier molecular flexibility index (Phi) is 7.93. The van der Waals surface area contributed by atoms with E-state index >= 15 is 0 Å². The molecule has 0 unspecified atom stereocenters. The van der Waals surface area contributed by atoms with Gasteiger partial charge in [-0.1, -0.05) is 48.5 Å². The number of hydrogen-bond donors (Lipinski definition) is 2. The van der Waals surface area contributed by atoms with Crippen LogP contribution < -0.4 is 21.3 Å². The molecule has 5 nitrogen and oxygen atoms in total. The molecule has 34 heavy (non-hydrogen) atoms. The van der Waals surface area contributed by atoms with Gasteiger partial charge in [0.15, 0.2) is 5.78 Å². The second-order valence-electron chi connectivity index (χ2n) is 8.46. The van der Waals surface area contributed by atoms with E-state index in [0.717, 1.165) is 0 Å². The minimum atomic E-state index is -0.0698. The van der Waals surface area contributed by atoms with Crippen LogP contribution in [-0.2, 0) is 0 Å². The van der Waals surface area contributed by atoms with Crippen molar-refractivity contribution in [1.29, 1.82) is 0 Å². The first kappa shape index (κ1) is 24.4. The fourth-order valence-corrected chi connectivity index (χ4v) is 3.43. The number of nitrogen functional groups attached to an aromatic ring is 2. The molecule has 0 aliphatic heterocycles. The van der Waals surface area contributed by atoms with E-state index < -0.39 is 0 Å². The molecule has 0 bridgehead atoms. The first-order valence-electron chi connectivity index (χ1n) is 11.1. The number of hydrogen-bond acceptors (Lipinski definition) is 5. The van der Waals surface area contributed by atoms with Gasteiger partial charge in [-0.25, -0.2) is 0 Å². The SMILES string of the molecule is CN(C)c1ccc(-c2ccc(N(C)C)cc2)cc1.Nc1cccc(C(=O)c2cccc(N)c2)c1. The van der Waals surface area contributed by atoms with Crippen molar-refractivity contribution in [1.82, 2.24) is 0 Å². The van der Waals surface area contributed by atoms with Crippen LogP contribution in [0.5, 0.6) is 0 Å². The molecule has 0 aliphatic carbocycles. The van der Waals surface area contributed by atoms with E-state index in [-0.39, 0.29) is 5.78 Å². The summed E-state index contributed by atoms with van der Waals surface area (Å²) in [6.07, 6.45) is 0. The Balaban J connectivity index is 0.000000192. The summed E-state index contributed by atoms with van der Waals surface area (Å²) < 4.78 is 0. The zero-order chi connectivity index (χ0) is 24.7. The second kappa shape index (κ2) is 11.1. The fraction of sp³-hybridized carbons (Fsp3) is 0.138. The molecule has 0 aromatic heterocycles. The minimum absolute atomic E-state index is 0.0698. The summed E-state index contributed by atoms with van der Waals surface area (Å²) in [5.74, 6) is -0.0698. The van der Waals surface area contributed by atoms with Crippen LogP contribution in [0.4, 0.5) is 22.7 Å². The number of carbonyl (C=O) groups excluding carboxylic acids is 1. The summed E-state index contributed by atoms with van der Waals surface area (Å²) in [4.78, 5) is 16.3. The van der Waals surface area contributed by atoms with Gasteiger partial charge < -0.3 is 21.3 Å². The van der Waals surface area contributed by atoms with Gasteiger partial charge in [-0.05, 0) is 59.7 Å². The van der Waals surface area contributed by atoms with Crippen molar-refractivity contribution in [3.8, 4) is 11.1 Å². The summed E-state index contributed by atoms with van der Waals surface area (Å²) in [5, 5.41) is 0. The molecule has 4 N–H and O–H groups in total. The van der Waals surface area contributed by atoms with E-state index in [1.807, 2.05) is 0 Å². The standard InChI is InChI=1S/C16H20N2.C13H12N2O/c1-17(2)15-9-5-13(6-10-15)14-7-11-16(12-8-14)18(3)4;14-11-5-1-3-9(7-11)13(16)10-4-2-6-12(15)8-10/h5-12H,1-4H3;1-8H,14-15H2. The summed E-state index contributed by atoms with van der Waals surface area (Å²) >= 11 is 0. The van der Waals surface area contributed by atoms with Crippen LogP contribution in [0.3, 0.4) is 0 Å². The number of anilines is 4. The van der Waals surface area contributed by atoms with Gasteiger partial charge in [0, 0.05) is 62.1 Å². The van der Waals surface area contributed by atoms with Crippen molar-refractivity contribution in [3.63, 3.8) is 0 Å². The van der Waals surface area contributed by atoms with E-state index in [4.69, 9.17) is 11.5 Å². The van der Waals surface area contributed by atoms with Crippen molar-refractivity contribution in [2.24, 2.45) is 0 Å². The molecule has 4 aromatic carbocycles. The Morgan fingerprint density at radius 3 is 1.21 bits per heavy atom. The van der Waals surface area contributed by atoms with Crippen LogP contribution >= 0.6 is 0 Å². The maximum Gasteiger partial charge on any atom is 0.193 e. The Morgan fingerprint density at radius 2 is 0.912 bits per heavy atom.